The first-order valence-corrected chi connectivity index (χ1v) is 10.6. The van der Waals surface area contributed by atoms with Crippen molar-refractivity contribution >= 4 is 11.6 Å². The lowest BCUT2D eigenvalue weighted by molar-refractivity contribution is -0.211. The van der Waals surface area contributed by atoms with Gasteiger partial charge in [0.15, 0.2) is 17.2 Å². The van der Waals surface area contributed by atoms with Crippen molar-refractivity contribution in [3.05, 3.63) is 23.8 Å². The molecule has 0 radical (unpaired) electrons. The average molecular weight is 406 g/mol. The molecule has 4 rings (SSSR count). The van der Waals surface area contributed by atoms with Gasteiger partial charge in [-0.1, -0.05) is 25.5 Å². The summed E-state index contributed by atoms with van der Waals surface area (Å²) in [6.45, 7) is 4.52. The van der Waals surface area contributed by atoms with Gasteiger partial charge in [-0.05, 0) is 63.0 Å². The zero-order chi connectivity index (χ0) is 21.4. The third kappa shape index (κ3) is 2.31. The number of aliphatic hydroxyl groups is 3. The van der Waals surface area contributed by atoms with Crippen LogP contribution in [0.5, 0.6) is 0 Å². The van der Waals surface area contributed by atoms with Crippen molar-refractivity contribution < 1.29 is 29.3 Å². The second-order valence-electron chi connectivity index (χ2n) is 10.1. The third-order valence-electron chi connectivity index (χ3n) is 9.03. The molecule has 160 valence electrons. The molecule has 0 aliphatic heterocycles. The molecule has 3 N–H and O–H groups in total. The molecule has 6 heteroatoms. The van der Waals surface area contributed by atoms with Crippen LogP contribution in [0.1, 0.15) is 52.9 Å². The van der Waals surface area contributed by atoms with Crippen molar-refractivity contribution in [1.82, 2.24) is 0 Å². The van der Waals surface area contributed by atoms with Gasteiger partial charge >= 0.3 is 0 Å². The van der Waals surface area contributed by atoms with Crippen molar-refractivity contribution in [3.8, 4) is 0 Å². The molecular weight excluding hydrogens is 375 g/mol. The van der Waals surface area contributed by atoms with Crippen LogP contribution in [0.25, 0.3) is 0 Å². The van der Waals surface area contributed by atoms with E-state index in [0.29, 0.717) is 31.3 Å². The molecule has 3 fully saturated rings. The van der Waals surface area contributed by atoms with Crippen molar-refractivity contribution in [1.29, 1.82) is 0 Å². The number of carbonyl (C=O) groups excluding carboxylic acids is 2. The van der Waals surface area contributed by atoms with Crippen LogP contribution in [0.3, 0.4) is 0 Å². The smallest absolute Gasteiger partial charge is 0.190 e. The summed E-state index contributed by atoms with van der Waals surface area (Å²) in [4.78, 5) is 24.6. The molecule has 0 aromatic heterocycles. The van der Waals surface area contributed by atoms with E-state index in [1.54, 1.807) is 26.8 Å². The molecule has 8 atom stereocenters. The number of hydrogen-bond donors (Lipinski definition) is 3. The lowest BCUT2D eigenvalue weighted by Crippen LogP contribution is -2.67. The molecule has 0 spiro atoms. The fourth-order valence-corrected chi connectivity index (χ4v) is 7.46. The zero-order valence-electron chi connectivity index (χ0n) is 17.3. The molecule has 0 saturated heterocycles. The Bertz CT molecular complexity index is 820. The Morgan fingerprint density at radius 2 is 2.00 bits per heavy atom. The topological polar surface area (TPSA) is 94.8 Å². The SMILES string of the molecule is C[C@@H]1C[C@H]2[C@H]3CCCC4=CC(=O)C=C[C@]4(C)[C@@]3(F)[C@@H](O)C[C@]2(C)[C@@]1(O)C(=O)CO. The summed E-state index contributed by atoms with van der Waals surface area (Å²) >= 11 is 0. The average Bonchev–Trinajstić information content (AvgIpc) is 2.80. The largest absolute Gasteiger partial charge is 0.390 e. The summed E-state index contributed by atoms with van der Waals surface area (Å²) in [6.07, 6.45) is 5.27. The highest BCUT2D eigenvalue weighted by molar-refractivity contribution is 6.01. The third-order valence-corrected chi connectivity index (χ3v) is 9.03. The Labute approximate surface area is 170 Å². The molecule has 5 nitrogen and oxygen atoms in total. The number of Topliss-reactive ketones (excluding diaryl/α,β-unsaturated/α-hetero) is 1. The van der Waals surface area contributed by atoms with E-state index in [0.717, 1.165) is 0 Å². The minimum Gasteiger partial charge on any atom is -0.390 e. The Morgan fingerprint density at radius 3 is 2.66 bits per heavy atom. The molecule has 4 aliphatic carbocycles. The van der Waals surface area contributed by atoms with Gasteiger partial charge in [-0.2, -0.15) is 0 Å². The van der Waals surface area contributed by atoms with Gasteiger partial charge in [0, 0.05) is 16.7 Å². The summed E-state index contributed by atoms with van der Waals surface area (Å²) in [5.41, 5.74) is -5.20. The van der Waals surface area contributed by atoms with Gasteiger partial charge in [-0.3, -0.25) is 9.59 Å². The van der Waals surface area contributed by atoms with Crippen LogP contribution in [0.4, 0.5) is 4.39 Å². The maximum absolute atomic E-state index is 17.1. The molecule has 29 heavy (non-hydrogen) atoms. The van der Waals surface area contributed by atoms with Crippen LogP contribution in [-0.2, 0) is 9.59 Å². The highest BCUT2D eigenvalue weighted by Crippen LogP contribution is 2.69. The van der Waals surface area contributed by atoms with Gasteiger partial charge in [0.05, 0.1) is 6.10 Å². The first kappa shape index (κ1) is 20.9. The maximum atomic E-state index is 17.1. The highest BCUT2D eigenvalue weighted by atomic mass is 19.1. The van der Waals surface area contributed by atoms with E-state index in [1.807, 2.05) is 0 Å². The van der Waals surface area contributed by atoms with E-state index in [-0.39, 0.29) is 18.1 Å². The standard InChI is InChI=1S/C23H31FO5/c1-13-9-17-16-6-4-5-14-10-15(26)7-8-20(14,2)22(16,24)18(27)11-21(17,3)23(13,29)19(28)12-25/h7-8,10,13,16-18,25,27,29H,4-6,9,11-12H2,1-3H3/t13-,16-,17+,18+,20+,21+,22+,23+/m1/s1. The van der Waals surface area contributed by atoms with Crippen LogP contribution < -0.4 is 0 Å². The summed E-state index contributed by atoms with van der Waals surface area (Å²) in [7, 11) is 0. The molecule has 4 aliphatic rings. The number of ketones is 2. The number of halogens is 1. The van der Waals surface area contributed by atoms with E-state index in [4.69, 9.17) is 0 Å². The maximum Gasteiger partial charge on any atom is 0.190 e. The Hall–Kier alpha value is -1.37. The van der Waals surface area contributed by atoms with Gasteiger partial charge in [0.2, 0.25) is 0 Å². The number of hydrogen-bond acceptors (Lipinski definition) is 5. The molecular formula is C23H31FO5. The summed E-state index contributed by atoms with van der Waals surface area (Å²) in [6, 6.07) is 0. The second kappa shape index (κ2) is 6.32. The van der Waals surface area contributed by atoms with E-state index in [1.165, 1.54) is 12.2 Å². The molecule has 0 aromatic rings. The van der Waals surface area contributed by atoms with E-state index in [9.17, 15) is 24.9 Å². The number of carbonyl (C=O) groups is 2. The Kier molecular flexibility index (Phi) is 4.55. The summed E-state index contributed by atoms with van der Waals surface area (Å²) in [5, 5.41) is 32.2. The normalized spacial score (nSPS) is 51.6. The molecule has 0 amide bonds. The van der Waals surface area contributed by atoms with Crippen molar-refractivity contribution in [2.45, 2.75) is 70.2 Å². The van der Waals surface area contributed by atoms with E-state index in [2.05, 4.69) is 0 Å². The highest BCUT2D eigenvalue weighted by Gasteiger charge is 2.74. The fourth-order valence-electron chi connectivity index (χ4n) is 7.46. The van der Waals surface area contributed by atoms with E-state index >= 15 is 4.39 Å². The van der Waals surface area contributed by atoms with Crippen LogP contribution in [0.15, 0.2) is 23.8 Å². The predicted octanol–water partition coefficient (Wildman–Crippen LogP) is 2.29. The monoisotopic (exact) mass is 406 g/mol. The molecule has 3 saturated carbocycles. The predicted molar refractivity (Wildman–Crippen MR) is 105 cm³/mol. The first-order valence-electron chi connectivity index (χ1n) is 10.6. The van der Waals surface area contributed by atoms with E-state index < -0.39 is 52.4 Å². The lowest BCUT2D eigenvalue weighted by atomic mass is 9.48. The lowest BCUT2D eigenvalue weighted by Gasteiger charge is -2.59. The first-order chi connectivity index (χ1) is 13.5. The summed E-state index contributed by atoms with van der Waals surface area (Å²) < 4.78 is 17.1. The van der Waals surface area contributed by atoms with Gasteiger partial charge in [0.25, 0.3) is 0 Å². The summed E-state index contributed by atoms with van der Waals surface area (Å²) in [5.74, 6) is -2.13. The quantitative estimate of drug-likeness (QED) is 0.654. The minimum atomic E-state index is -2.00. The number of fused-ring (bicyclic) bond motifs is 5. The molecule has 0 unspecified atom stereocenters. The van der Waals surface area contributed by atoms with Crippen LogP contribution in [-0.4, -0.2) is 50.9 Å². The second-order valence-corrected chi connectivity index (χ2v) is 10.1. The van der Waals surface area contributed by atoms with Crippen LogP contribution in [0.2, 0.25) is 0 Å². The van der Waals surface area contributed by atoms with Crippen LogP contribution >= 0.6 is 0 Å². The fraction of sp³-hybridized carbons (Fsp3) is 0.739. The molecule has 0 bridgehead atoms. The Balaban J connectivity index is 1.87. The van der Waals surface area contributed by atoms with Crippen molar-refractivity contribution in [2.75, 3.05) is 6.61 Å². The number of alkyl halides is 1. The van der Waals surface area contributed by atoms with Crippen LogP contribution in [0, 0.1) is 28.6 Å². The minimum absolute atomic E-state index is 0.0676. The Morgan fingerprint density at radius 1 is 1.31 bits per heavy atom. The van der Waals surface area contributed by atoms with Gasteiger partial charge in [-0.15, -0.1) is 0 Å². The van der Waals surface area contributed by atoms with Gasteiger partial charge in [0.1, 0.15) is 12.2 Å². The number of allylic oxidation sites excluding steroid dienone is 4. The van der Waals surface area contributed by atoms with Gasteiger partial charge in [-0.25, -0.2) is 4.39 Å². The molecule has 0 heterocycles. The number of aliphatic hydroxyl groups excluding tert-OH is 2. The van der Waals surface area contributed by atoms with Gasteiger partial charge < -0.3 is 15.3 Å². The van der Waals surface area contributed by atoms with Crippen molar-refractivity contribution in [2.24, 2.45) is 28.6 Å². The number of rotatable bonds is 2. The molecule has 0 aromatic carbocycles. The zero-order valence-corrected chi connectivity index (χ0v) is 17.3. The van der Waals surface area contributed by atoms with Crippen molar-refractivity contribution in [3.63, 3.8) is 0 Å².